The van der Waals surface area contributed by atoms with Gasteiger partial charge in [0, 0.05) is 11.1 Å². The molecule has 172 valence electrons. The standard InChI is InChI=1S/C24H20N3O6P/c28-24(25-18-10-3-1-4-11-18)21-15-17-9-7-8-14-20(17)22(23(21)32-16-33-34(29,30)31)27-26-19-12-5-2-6-13-19/h1-15H,16H2,(H,25,28)(H2,29,30,31)/b27-26+. The largest absolute Gasteiger partial charge is 0.472 e. The quantitative estimate of drug-likeness (QED) is 0.163. The Morgan fingerprint density at radius 2 is 1.53 bits per heavy atom. The van der Waals surface area contributed by atoms with Crippen LogP contribution < -0.4 is 10.1 Å². The van der Waals surface area contributed by atoms with Crippen LogP contribution in [0.25, 0.3) is 10.8 Å². The number of ether oxygens (including phenoxy) is 1. The van der Waals surface area contributed by atoms with Crippen LogP contribution in [0.5, 0.6) is 5.75 Å². The van der Waals surface area contributed by atoms with Gasteiger partial charge in [-0.3, -0.25) is 4.79 Å². The van der Waals surface area contributed by atoms with Crippen molar-refractivity contribution in [2.75, 3.05) is 12.1 Å². The van der Waals surface area contributed by atoms with E-state index in [-0.39, 0.29) is 17.0 Å². The summed E-state index contributed by atoms with van der Waals surface area (Å²) in [6, 6.07) is 26.6. The van der Waals surface area contributed by atoms with Crippen molar-refractivity contribution >= 4 is 41.6 Å². The Balaban J connectivity index is 1.83. The van der Waals surface area contributed by atoms with Gasteiger partial charge < -0.3 is 19.8 Å². The summed E-state index contributed by atoms with van der Waals surface area (Å²) in [6.07, 6.45) is 0. The molecule has 0 bridgehead atoms. The predicted octanol–water partition coefficient (Wildman–Crippen LogP) is 5.95. The molecule has 0 aliphatic carbocycles. The first kappa shape index (κ1) is 23.3. The van der Waals surface area contributed by atoms with E-state index in [1.807, 2.05) is 36.4 Å². The Morgan fingerprint density at radius 3 is 2.24 bits per heavy atom. The third kappa shape index (κ3) is 5.92. The average Bonchev–Trinajstić information content (AvgIpc) is 2.83. The first-order valence-electron chi connectivity index (χ1n) is 10.1. The Kier molecular flexibility index (Phi) is 7.10. The lowest BCUT2D eigenvalue weighted by Crippen LogP contribution is -2.14. The molecule has 4 aromatic rings. The molecule has 0 spiro atoms. The van der Waals surface area contributed by atoms with Crippen molar-refractivity contribution < 1.29 is 28.4 Å². The van der Waals surface area contributed by atoms with E-state index in [0.29, 0.717) is 22.1 Å². The Bertz CT molecular complexity index is 1370. The van der Waals surface area contributed by atoms with Crippen molar-refractivity contribution in [3.63, 3.8) is 0 Å². The molecule has 0 aromatic heterocycles. The fraction of sp³-hybridized carbons (Fsp3) is 0.0417. The second kappa shape index (κ2) is 10.4. The van der Waals surface area contributed by atoms with Gasteiger partial charge in [-0.2, -0.15) is 5.11 Å². The minimum atomic E-state index is -4.80. The molecular formula is C24H20N3O6P. The monoisotopic (exact) mass is 477 g/mol. The van der Waals surface area contributed by atoms with E-state index in [4.69, 9.17) is 14.5 Å². The second-order valence-electron chi connectivity index (χ2n) is 7.06. The van der Waals surface area contributed by atoms with Gasteiger partial charge in [-0.25, -0.2) is 9.09 Å². The molecule has 0 aliphatic heterocycles. The number of amides is 1. The highest BCUT2D eigenvalue weighted by Crippen LogP contribution is 2.42. The summed E-state index contributed by atoms with van der Waals surface area (Å²) in [6.45, 7) is -0.803. The minimum Gasteiger partial charge on any atom is -0.464 e. The van der Waals surface area contributed by atoms with E-state index in [1.165, 1.54) is 0 Å². The molecule has 0 unspecified atom stereocenters. The van der Waals surface area contributed by atoms with Crippen molar-refractivity contribution in [1.82, 2.24) is 0 Å². The van der Waals surface area contributed by atoms with Gasteiger partial charge >= 0.3 is 7.82 Å². The predicted molar refractivity (Wildman–Crippen MR) is 128 cm³/mol. The Hall–Kier alpha value is -3.88. The molecule has 1 amide bonds. The number of phosphoric ester groups is 1. The lowest BCUT2D eigenvalue weighted by molar-refractivity contribution is 0.0818. The summed E-state index contributed by atoms with van der Waals surface area (Å²) in [4.78, 5) is 31.3. The van der Waals surface area contributed by atoms with Gasteiger partial charge in [0.2, 0.25) is 6.79 Å². The highest BCUT2D eigenvalue weighted by atomic mass is 31.2. The molecule has 10 heteroatoms. The van der Waals surface area contributed by atoms with Crippen molar-refractivity contribution in [2.45, 2.75) is 0 Å². The van der Waals surface area contributed by atoms with Crippen molar-refractivity contribution in [2.24, 2.45) is 10.2 Å². The van der Waals surface area contributed by atoms with Crippen LogP contribution in [0.4, 0.5) is 17.1 Å². The normalized spacial score (nSPS) is 11.6. The van der Waals surface area contributed by atoms with Gasteiger partial charge in [-0.1, -0.05) is 60.7 Å². The van der Waals surface area contributed by atoms with Crippen LogP contribution in [0.2, 0.25) is 0 Å². The molecule has 0 saturated carbocycles. The first-order valence-corrected chi connectivity index (χ1v) is 11.7. The third-order valence-electron chi connectivity index (χ3n) is 4.70. The fourth-order valence-corrected chi connectivity index (χ4v) is 3.39. The number of phosphoric acid groups is 1. The maximum absolute atomic E-state index is 13.2. The van der Waals surface area contributed by atoms with E-state index in [1.54, 1.807) is 54.6 Å². The van der Waals surface area contributed by atoms with E-state index in [9.17, 15) is 9.36 Å². The summed E-state index contributed by atoms with van der Waals surface area (Å²) in [5.41, 5.74) is 1.45. The van der Waals surface area contributed by atoms with E-state index >= 15 is 0 Å². The SMILES string of the molecule is O=C(Nc1ccccc1)c1cc2ccccc2c(/N=N/c2ccccc2)c1OCOP(=O)(O)O. The molecule has 4 aromatic carbocycles. The van der Waals surface area contributed by atoms with Gasteiger partial charge in [0.15, 0.2) is 5.75 Å². The number of hydrogen-bond acceptors (Lipinski definition) is 6. The zero-order valence-electron chi connectivity index (χ0n) is 17.7. The number of fused-ring (bicyclic) bond motifs is 1. The lowest BCUT2D eigenvalue weighted by Gasteiger charge is -2.16. The van der Waals surface area contributed by atoms with Crippen LogP contribution in [0.15, 0.2) is 101 Å². The number of benzene rings is 4. The van der Waals surface area contributed by atoms with Gasteiger partial charge in [0.1, 0.15) is 5.69 Å². The molecule has 4 rings (SSSR count). The summed E-state index contributed by atoms with van der Waals surface area (Å²) in [5, 5.41) is 12.7. The first-order chi connectivity index (χ1) is 16.4. The van der Waals surface area contributed by atoms with Crippen molar-refractivity contribution in [3.8, 4) is 5.75 Å². The highest BCUT2D eigenvalue weighted by molar-refractivity contribution is 7.46. The Morgan fingerprint density at radius 1 is 0.882 bits per heavy atom. The number of rotatable bonds is 8. The van der Waals surface area contributed by atoms with E-state index < -0.39 is 20.5 Å². The van der Waals surface area contributed by atoms with Crippen LogP contribution in [-0.4, -0.2) is 22.5 Å². The van der Waals surface area contributed by atoms with Crippen LogP contribution in [0.1, 0.15) is 10.4 Å². The maximum Gasteiger partial charge on any atom is 0.472 e. The molecule has 0 heterocycles. The number of hydrogen-bond donors (Lipinski definition) is 3. The topological polar surface area (TPSA) is 130 Å². The summed E-state index contributed by atoms with van der Waals surface area (Å²) >= 11 is 0. The molecule has 0 fully saturated rings. The van der Waals surface area contributed by atoms with Crippen LogP contribution >= 0.6 is 7.82 Å². The maximum atomic E-state index is 13.2. The number of anilines is 1. The number of para-hydroxylation sites is 1. The number of nitrogens with one attached hydrogen (secondary N) is 1. The Labute approximate surface area is 194 Å². The number of azo groups is 1. The summed E-state index contributed by atoms with van der Waals surface area (Å²) in [7, 11) is -4.80. The summed E-state index contributed by atoms with van der Waals surface area (Å²) in [5.74, 6) is -0.528. The zero-order valence-corrected chi connectivity index (χ0v) is 18.6. The molecular weight excluding hydrogens is 457 g/mol. The van der Waals surface area contributed by atoms with Crippen LogP contribution in [-0.2, 0) is 9.09 Å². The summed E-state index contributed by atoms with van der Waals surface area (Å²) < 4.78 is 21.2. The highest BCUT2D eigenvalue weighted by Gasteiger charge is 2.22. The minimum absolute atomic E-state index is 0.0275. The fourth-order valence-electron chi connectivity index (χ4n) is 3.20. The lowest BCUT2D eigenvalue weighted by atomic mass is 10.0. The van der Waals surface area contributed by atoms with E-state index in [0.717, 1.165) is 0 Å². The third-order valence-corrected chi connectivity index (χ3v) is 5.14. The molecule has 9 nitrogen and oxygen atoms in total. The van der Waals surface area contributed by atoms with Crippen molar-refractivity contribution in [3.05, 3.63) is 96.6 Å². The second-order valence-corrected chi connectivity index (χ2v) is 8.30. The zero-order chi connectivity index (χ0) is 24.0. The molecule has 0 saturated heterocycles. The molecule has 3 N–H and O–H groups in total. The molecule has 0 radical (unpaired) electrons. The van der Waals surface area contributed by atoms with Gasteiger partial charge in [0.25, 0.3) is 5.91 Å². The van der Waals surface area contributed by atoms with Gasteiger partial charge in [0.05, 0.1) is 11.3 Å². The molecule has 0 aliphatic rings. The molecule has 34 heavy (non-hydrogen) atoms. The number of nitrogens with zero attached hydrogens (tertiary/aromatic N) is 2. The average molecular weight is 477 g/mol. The number of carbonyl (C=O) groups excluding carboxylic acids is 1. The van der Waals surface area contributed by atoms with Crippen molar-refractivity contribution in [1.29, 1.82) is 0 Å². The smallest absolute Gasteiger partial charge is 0.464 e. The van der Waals surface area contributed by atoms with Crippen LogP contribution in [0.3, 0.4) is 0 Å². The van der Waals surface area contributed by atoms with Crippen LogP contribution in [0, 0.1) is 0 Å². The van der Waals surface area contributed by atoms with E-state index in [2.05, 4.69) is 20.1 Å². The number of carbonyl (C=O) groups is 1. The molecule has 0 atom stereocenters. The van der Waals surface area contributed by atoms with Gasteiger partial charge in [-0.15, -0.1) is 5.11 Å². The van der Waals surface area contributed by atoms with Gasteiger partial charge in [-0.05, 0) is 35.7 Å².